The van der Waals surface area contributed by atoms with Crippen LogP contribution in [0.4, 0.5) is 0 Å². The lowest BCUT2D eigenvalue weighted by Gasteiger charge is -2.20. The predicted octanol–water partition coefficient (Wildman–Crippen LogP) is 1.98. The monoisotopic (exact) mass is 248 g/mol. The summed E-state index contributed by atoms with van der Waals surface area (Å²) in [5, 5.41) is 6.15. The SMILES string of the molecule is CCC(Cc1ccccc1)NC(=O)C(C)CNC. The van der Waals surface area contributed by atoms with Gasteiger partial charge in [-0.15, -0.1) is 0 Å². The molecule has 0 saturated carbocycles. The van der Waals surface area contributed by atoms with Gasteiger partial charge in [0.15, 0.2) is 0 Å². The van der Waals surface area contributed by atoms with Crippen molar-refractivity contribution in [3.63, 3.8) is 0 Å². The average Bonchev–Trinajstić information content (AvgIpc) is 2.39. The molecular weight excluding hydrogens is 224 g/mol. The summed E-state index contributed by atoms with van der Waals surface area (Å²) in [7, 11) is 1.87. The lowest BCUT2D eigenvalue weighted by Crippen LogP contribution is -2.41. The Kier molecular flexibility index (Phi) is 6.44. The van der Waals surface area contributed by atoms with Gasteiger partial charge in [-0.3, -0.25) is 4.79 Å². The highest BCUT2D eigenvalue weighted by molar-refractivity contribution is 5.78. The van der Waals surface area contributed by atoms with E-state index < -0.39 is 0 Å². The van der Waals surface area contributed by atoms with E-state index in [1.807, 2.05) is 32.2 Å². The maximum atomic E-state index is 11.9. The van der Waals surface area contributed by atoms with Crippen LogP contribution in [0, 0.1) is 5.92 Å². The molecule has 0 saturated heterocycles. The van der Waals surface area contributed by atoms with Gasteiger partial charge in [0, 0.05) is 18.5 Å². The summed E-state index contributed by atoms with van der Waals surface area (Å²) in [6.07, 6.45) is 1.85. The van der Waals surface area contributed by atoms with E-state index in [9.17, 15) is 4.79 Å². The van der Waals surface area contributed by atoms with Gasteiger partial charge in [0.25, 0.3) is 0 Å². The van der Waals surface area contributed by atoms with E-state index in [1.54, 1.807) is 0 Å². The molecule has 0 aromatic heterocycles. The number of hydrogen-bond donors (Lipinski definition) is 2. The molecule has 3 heteroatoms. The van der Waals surface area contributed by atoms with Gasteiger partial charge in [0.2, 0.25) is 5.91 Å². The van der Waals surface area contributed by atoms with Crippen molar-refractivity contribution in [1.29, 1.82) is 0 Å². The second kappa shape index (κ2) is 7.88. The van der Waals surface area contributed by atoms with Crippen molar-refractivity contribution in [2.45, 2.75) is 32.7 Å². The highest BCUT2D eigenvalue weighted by atomic mass is 16.1. The van der Waals surface area contributed by atoms with Crippen LogP contribution in [0.15, 0.2) is 30.3 Å². The van der Waals surface area contributed by atoms with E-state index in [2.05, 4.69) is 29.7 Å². The van der Waals surface area contributed by atoms with Crippen LogP contribution in [0.2, 0.25) is 0 Å². The molecule has 0 aliphatic carbocycles. The molecule has 0 radical (unpaired) electrons. The Morgan fingerprint density at radius 1 is 1.28 bits per heavy atom. The molecule has 1 rings (SSSR count). The molecule has 1 aromatic rings. The number of carbonyl (C=O) groups excluding carboxylic acids is 1. The minimum absolute atomic E-state index is 0.0137. The van der Waals surface area contributed by atoms with E-state index in [4.69, 9.17) is 0 Å². The first kappa shape index (κ1) is 14.7. The lowest BCUT2D eigenvalue weighted by atomic mass is 10.0. The van der Waals surface area contributed by atoms with E-state index >= 15 is 0 Å². The van der Waals surface area contributed by atoms with Crippen LogP contribution >= 0.6 is 0 Å². The molecule has 2 atom stereocenters. The predicted molar refractivity (Wildman–Crippen MR) is 75.5 cm³/mol. The van der Waals surface area contributed by atoms with Crippen molar-refractivity contribution in [3.8, 4) is 0 Å². The third-order valence-corrected chi connectivity index (χ3v) is 3.12. The van der Waals surface area contributed by atoms with E-state index in [0.29, 0.717) is 6.54 Å². The molecule has 0 bridgehead atoms. The number of rotatable bonds is 7. The van der Waals surface area contributed by atoms with Crippen LogP contribution in [-0.2, 0) is 11.2 Å². The van der Waals surface area contributed by atoms with Crippen molar-refractivity contribution in [2.24, 2.45) is 5.92 Å². The summed E-state index contributed by atoms with van der Waals surface area (Å²) in [5.74, 6) is 0.145. The molecule has 0 aliphatic rings. The van der Waals surface area contributed by atoms with E-state index in [0.717, 1.165) is 12.8 Å². The normalized spacial score (nSPS) is 13.9. The standard InChI is InChI=1S/C15H24N2O/c1-4-14(10-13-8-6-5-7-9-13)17-15(18)12(2)11-16-3/h5-9,12,14,16H,4,10-11H2,1-3H3,(H,17,18). The minimum atomic E-state index is 0.0137. The van der Waals surface area contributed by atoms with Crippen molar-refractivity contribution < 1.29 is 4.79 Å². The van der Waals surface area contributed by atoms with Crippen LogP contribution in [0.1, 0.15) is 25.8 Å². The quantitative estimate of drug-likeness (QED) is 0.774. The highest BCUT2D eigenvalue weighted by Gasteiger charge is 2.16. The molecule has 1 amide bonds. The fourth-order valence-corrected chi connectivity index (χ4v) is 1.94. The second-order valence-corrected chi connectivity index (χ2v) is 4.76. The van der Waals surface area contributed by atoms with Crippen LogP contribution in [0.25, 0.3) is 0 Å². The van der Waals surface area contributed by atoms with Crippen molar-refractivity contribution in [3.05, 3.63) is 35.9 Å². The third-order valence-electron chi connectivity index (χ3n) is 3.12. The first-order chi connectivity index (χ1) is 8.67. The van der Waals surface area contributed by atoms with Crippen molar-refractivity contribution in [1.82, 2.24) is 10.6 Å². The maximum absolute atomic E-state index is 11.9. The smallest absolute Gasteiger partial charge is 0.224 e. The largest absolute Gasteiger partial charge is 0.353 e. The highest BCUT2D eigenvalue weighted by Crippen LogP contribution is 2.06. The molecule has 18 heavy (non-hydrogen) atoms. The summed E-state index contributed by atoms with van der Waals surface area (Å²) in [4.78, 5) is 11.9. The molecule has 100 valence electrons. The number of nitrogens with one attached hydrogen (secondary N) is 2. The summed E-state index contributed by atoms with van der Waals surface area (Å²) in [6.45, 7) is 4.77. The number of hydrogen-bond acceptors (Lipinski definition) is 2. The Labute approximate surface area is 110 Å². The molecule has 1 aromatic carbocycles. The van der Waals surface area contributed by atoms with Crippen LogP contribution < -0.4 is 10.6 Å². The van der Waals surface area contributed by atoms with Gasteiger partial charge < -0.3 is 10.6 Å². The van der Waals surface area contributed by atoms with Gasteiger partial charge >= 0.3 is 0 Å². The fraction of sp³-hybridized carbons (Fsp3) is 0.533. The van der Waals surface area contributed by atoms with Crippen molar-refractivity contribution in [2.75, 3.05) is 13.6 Å². The zero-order valence-electron chi connectivity index (χ0n) is 11.6. The summed E-state index contributed by atoms with van der Waals surface area (Å²) in [6, 6.07) is 10.5. The third kappa shape index (κ3) is 4.88. The van der Waals surface area contributed by atoms with Gasteiger partial charge in [-0.1, -0.05) is 44.2 Å². The lowest BCUT2D eigenvalue weighted by molar-refractivity contribution is -0.125. The number of amides is 1. The van der Waals surface area contributed by atoms with Crippen LogP contribution in [0.3, 0.4) is 0 Å². The van der Waals surface area contributed by atoms with Crippen molar-refractivity contribution >= 4 is 5.91 Å². The molecule has 0 fully saturated rings. The van der Waals surface area contributed by atoms with Gasteiger partial charge in [-0.05, 0) is 25.5 Å². The molecule has 0 aliphatic heterocycles. The van der Waals surface area contributed by atoms with Gasteiger partial charge in [0.05, 0.1) is 0 Å². The van der Waals surface area contributed by atoms with E-state index in [1.165, 1.54) is 5.56 Å². The minimum Gasteiger partial charge on any atom is -0.353 e. The van der Waals surface area contributed by atoms with Crippen LogP contribution in [-0.4, -0.2) is 25.5 Å². The molecule has 0 spiro atoms. The summed E-state index contributed by atoms with van der Waals surface area (Å²) in [5.41, 5.74) is 1.27. The molecule has 2 unspecified atom stereocenters. The Morgan fingerprint density at radius 3 is 2.50 bits per heavy atom. The molecule has 2 N–H and O–H groups in total. The first-order valence-corrected chi connectivity index (χ1v) is 6.66. The topological polar surface area (TPSA) is 41.1 Å². The zero-order chi connectivity index (χ0) is 13.4. The summed E-state index contributed by atoms with van der Waals surface area (Å²) >= 11 is 0. The van der Waals surface area contributed by atoms with E-state index in [-0.39, 0.29) is 17.9 Å². The Hall–Kier alpha value is -1.35. The average molecular weight is 248 g/mol. The molecular formula is C15H24N2O. The number of benzene rings is 1. The Bertz CT molecular complexity index is 351. The molecule has 3 nitrogen and oxygen atoms in total. The Morgan fingerprint density at radius 2 is 1.94 bits per heavy atom. The van der Waals surface area contributed by atoms with Crippen LogP contribution in [0.5, 0.6) is 0 Å². The van der Waals surface area contributed by atoms with Gasteiger partial charge in [-0.2, -0.15) is 0 Å². The fourth-order valence-electron chi connectivity index (χ4n) is 1.94. The Balaban J connectivity index is 2.49. The zero-order valence-corrected chi connectivity index (χ0v) is 11.6. The van der Waals surface area contributed by atoms with Gasteiger partial charge in [0.1, 0.15) is 0 Å². The maximum Gasteiger partial charge on any atom is 0.224 e. The second-order valence-electron chi connectivity index (χ2n) is 4.76. The summed E-state index contributed by atoms with van der Waals surface area (Å²) < 4.78 is 0. The molecule has 0 heterocycles. The number of carbonyl (C=O) groups is 1. The van der Waals surface area contributed by atoms with Gasteiger partial charge in [-0.25, -0.2) is 0 Å². The first-order valence-electron chi connectivity index (χ1n) is 6.66.